The van der Waals surface area contributed by atoms with Crippen LogP contribution in [-0.4, -0.2) is 63.2 Å². The van der Waals surface area contributed by atoms with Crippen molar-refractivity contribution < 1.29 is 25.2 Å². The first kappa shape index (κ1) is 19.2. The van der Waals surface area contributed by atoms with Crippen LogP contribution in [0.5, 0.6) is 0 Å². The normalized spacial score (nSPS) is 15.7. The van der Waals surface area contributed by atoms with Gasteiger partial charge in [0.05, 0.1) is 24.4 Å². The fraction of sp³-hybridized carbons (Fsp3) is 0.727. The third kappa shape index (κ3) is 8.35. The highest BCUT2D eigenvalue weighted by Gasteiger charge is 2.20. The number of carbonyl (C=O) groups excluding carboxylic acids is 1. The summed E-state index contributed by atoms with van der Waals surface area (Å²) in [4.78, 5) is 11.6. The summed E-state index contributed by atoms with van der Waals surface area (Å²) in [6.45, 7) is 3.24. The van der Waals surface area contributed by atoms with Crippen molar-refractivity contribution in [3.05, 3.63) is 12.3 Å². The Morgan fingerprint density at radius 1 is 1.35 bits per heavy atom. The van der Waals surface area contributed by atoms with E-state index in [1.54, 1.807) is 0 Å². The molecule has 9 heteroatoms. The summed E-state index contributed by atoms with van der Waals surface area (Å²) in [6.07, 6.45) is -2.69. The second-order valence-corrected chi connectivity index (χ2v) is 4.73. The van der Waals surface area contributed by atoms with Crippen molar-refractivity contribution in [2.45, 2.75) is 37.4 Å². The van der Waals surface area contributed by atoms with Crippen molar-refractivity contribution in [2.24, 2.45) is 5.73 Å². The van der Waals surface area contributed by atoms with E-state index in [1.807, 2.05) is 0 Å². The van der Waals surface area contributed by atoms with E-state index in [1.165, 1.54) is 0 Å². The highest BCUT2D eigenvalue weighted by atomic mass is 32.1. The lowest BCUT2D eigenvalue weighted by Gasteiger charge is -2.23. The predicted molar refractivity (Wildman–Crippen MR) is 77.0 cm³/mol. The lowest BCUT2D eigenvalue weighted by Crippen LogP contribution is -2.51. The van der Waals surface area contributed by atoms with Gasteiger partial charge in [-0.2, -0.15) is 12.6 Å². The number of rotatable bonds is 10. The molecule has 0 rings (SSSR count). The summed E-state index contributed by atoms with van der Waals surface area (Å²) in [6, 6.07) is -1.57. The number of nitrogens with two attached hydrogens (primary N) is 1. The molecule has 0 radical (unpaired) electrons. The van der Waals surface area contributed by atoms with Crippen LogP contribution in [0.25, 0.3) is 0 Å². The maximum absolute atomic E-state index is 11.6. The molecule has 0 bridgehead atoms. The Labute approximate surface area is 123 Å². The minimum Gasteiger partial charge on any atom is -0.512 e. The van der Waals surface area contributed by atoms with E-state index in [2.05, 4.69) is 29.8 Å². The monoisotopic (exact) mass is 309 g/mol. The largest absolute Gasteiger partial charge is 0.512 e. The van der Waals surface area contributed by atoms with Crippen LogP contribution in [0.15, 0.2) is 12.3 Å². The van der Waals surface area contributed by atoms with Crippen LogP contribution in [0.3, 0.4) is 0 Å². The van der Waals surface area contributed by atoms with Gasteiger partial charge >= 0.3 is 0 Å². The summed E-state index contributed by atoms with van der Waals surface area (Å²) in [7, 11) is 0. The quantitative estimate of drug-likeness (QED) is 0.130. The molecule has 118 valence electrons. The Balaban J connectivity index is 4.14. The van der Waals surface area contributed by atoms with Gasteiger partial charge in [0.15, 0.2) is 6.29 Å². The summed E-state index contributed by atoms with van der Waals surface area (Å²) in [5, 5.41) is 41.3. The Morgan fingerprint density at radius 2 is 1.95 bits per heavy atom. The van der Waals surface area contributed by atoms with Crippen molar-refractivity contribution in [1.29, 1.82) is 0 Å². The molecule has 0 aromatic heterocycles. The molecule has 0 spiro atoms. The molecule has 0 aromatic carbocycles. The zero-order chi connectivity index (χ0) is 15.7. The van der Waals surface area contributed by atoms with Crippen LogP contribution < -0.4 is 16.4 Å². The molecular weight excluding hydrogens is 286 g/mol. The Morgan fingerprint density at radius 3 is 2.40 bits per heavy atom. The fourth-order valence-corrected chi connectivity index (χ4v) is 1.61. The molecule has 8 nitrogen and oxygen atoms in total. The van der Waals surface area contributed by atoms with E-state index in [9.17, 15) is 9.90 Å². The predicted octanol–water partition coefficient (Wildman–Crippen LogP) is -2.20. The number of nitrogens with one attached hydrogen (secondary N) is 2. The van der Waals surface area contributed by atoms with Gasteiger partial charge in [-0.15, -0.1) is 0 Å². The number of carbonyl (C=O) groups is 1. The van der Waals surface area contributed by atoms with E-state index in [0.717, 1.165) is 0 Å². The van der Waals surface area contributed by atoms with Gasteiger partial charge < -0.3 is 31.5 Å². The lowest BCUT2D eigenvalue weighted by molar-refractivity contribution is -0.123. The Hall–Kier alpha value is -0.840. The van der Waals surface area contributed by atoms with E-state index >= 15 is 0 Å². The van der Waals surface area contributed by atoms with Crippen molar-refractivity contribution in [3.63, 3.8) is 0 Å². The zero-order valence-electron chi connectivity index (χ0n) is 11.1. The van der Waals surface area contributed by atoms with Crippen LogP contribution in [0, 0.1) is 0 Å². The molecule has 1 unspecified atom stereocenters. The maximum Gasteiger partial charge on any atom is 0.220 e. The summed E-state index contributed by atoms with van der Waals surface area (Å²) < 4.78 is 0. The highest BCUT2D eigenvalue weighted by molar-refractivity contribution is 7.80. The summed E-state index contributed by atoms with van der Waals surface area (Å²) in [5.41, 5.74) is 5.37. The Kier molecular flexibility index (Phi) is 9.55. The molecule has 0 saturated heterocycles. The maximum atomic E-state index is 11.6. The van der Waals surface area contributed by atoms with Crippen molar-refractivity contribution in [2.75, 3.05) is 12.3 Å². The number of hydrogen-bond acceptors (Lipinski definition) is 8. The molecule has 1 amide bonds. The van der Waals surface area contributed by atoms with E-state index in [0.29, 0.717) is 0 Å². The number of amides is 1. The van der Waals surface area contributed by atoms with Crippen LogP contribution in [-0.2, 0) is 4.79 Å². The van der Waals surface area contributed by atoms with Crippen molar-refractivity contribution in [3.8, 4) is 0 Å². The van der Waals surface area contributed by atoms with E-state index < -0.39 is 30.5 Å². The topological polar surface area (TPSA) is 148 Å². The molecule has 0 aromatic rings. The standard InChI is InChI=1S/C11H23N3O5S/c1-6(15)4-13-10(17)8(5-20)14-9(16)3-2-7(12)11(18)19/h7-8,10-11,13,15,17-20H,1-5,12H2,(H,14,16)/t7-,8-,10?/m0/s1. The summed E-state index contributed by atoms with van der Waals surface area (Å²) >= 11 is 4.01. The second kappa shape index (κ2) is 9.97. The third-order valence-corrected chi connectivity index (χ3v) is 2.92. The first-order valence-electron chi connectivity index (χ1n) is 6.08. The smallest absolute Gasteiger partial charge is 0.220 e. The van der Waals surface area contributed by atoms with Gasteiger partial charge in [-0.05, 0) is 6.42 Å². The molecule has 0 aliphatic carbocycles. The second-order valence-electron chi connectivity index (χ2n) is 4.36. The molecule has 0 saturated carbocycles. The minimum atomic E-state index is -1.67. The highest BCUT2D eigenvalue weighted by Crippen LogP contribution is 2.01. The first-order chi connectivity index (χ1) is 9.27. The van der Waals surface area contributed by atoms with Gasteiger partial charge in [0, 0.05) is 12.2 Å². The van der Waals surface area contributed by atoms with Crippen LogP contribution in [0.1, 0.15) is 12.8 Å². The minimum absolute atomic E-state index is 0.0110. The summed E-state index contributed by atoms with van der Waals surface area (Å²) in [5.74, 6) is -0.369. The molecule has 0 aliphatic heterocycles. The Bertz CT molecular complexity index is 316. The van der Waals surface area contributed by atoms with Crippen molar-refractivity contribution >= 4 is 18.5 Å². The van der Waals surface area contributed by atoms with Crippen LogP contribution in [0.4, 0.5) is 0 Å². The number of aliphatic hydroxyl groups is 4. The molecular formula is C11H23N3O5S. The third-order valence-electron chi connectivity index (χ3n) is 2.53. The lowest BCUT2D eigenvalue weighted by atomic mass is 10.1. The molecule has 8 N–H and O–H groups in total. The van der Waals surface area contributed by atoms with E-state index in [-0.39, 0.29) is 30.9 Å². The SMILES string of the molecule is C=C(O)CNC(O)[C@H](CS)NC(=O)CC[C@H](N)C(O)O. The molecule has 0 heterocycles. The first-order valence-corrected chi connectivity index (χ1v) is 6.71. The fourth-order valence-electron chi connectivity index (χ4n) is 1.31. The van der Waals surface area contributed by atoms with E-state index in [4.69, 9.17) is 21.1 Å². The van der Waals surface area contributed by atoms with Gasteiger partial charge in [-0.1, -0.05) is 6.58 Å². The average molecular weight is 309 g/mol. The van der Waals surface area contributed by atoms with Gasteiger partial charge in [0.25, 0.3) is 0 Å². The number of thiol groups is 1. The number of aliphatic hydroxyl groups excluding tert-OH is 3. The van der Waals surface area contributed by atoms with Gasteiger partial charge in [0.1, 0.15) is 6.23 Å². The average Bonchev–Trinajstić information content (AvgIpc) is 2.38. The van der Waals surface area contributed by atoms with Crippen LogP contribution in [0.2, 0.25) is 0 Å². The van der Waals surface area contributed by atoms with Gasteiger partial charge in [-0.3, -0.25) is 10.1 Å². The van der Waals surface area contributed by atoms with Gasteiger partial charge in [-0.25, -0.2) is 0 Å². The molecule has 0 aliphatic rings. The molecule has 3 atom stereocenters. The number of hydrogen-bond donors (Lipinski definition) is 8. The van der Waals surface area contributed by atoms with Crippen LogP contribution >= 0.6 is 12.6 Å². The van der Waals surface area contributed by atoms with Gasteiger partial charge in [0.2, 0.25) is 5.91 Å². The molecule has 20 heavy (non-hydrogen) atoms. The molecule has 0 fully saturated rings. The van der Waals surface area contributed by atoms with Crippen molar-refractivity contribution in [1.82, 2.24) is 10.6 Å². The zero-order valence-corrected chi connectivity index (χ0v) is 12.0.